The normalized spacial score (nSPS) is 11.8. The van der Waals surface area contributed by atoms with E-state index in [1.807, 2.05) is 24.3 Å². The van der Waals surface area contributed by atoms with Gasteiger partial charge in [-0.15, -0.1) is 0 Å². The second kappa shape index (κ2) is 20.4. The summed E-state index contributed by atoms with van der Waals surface area (Å²) >= 11 is 11.5. The van der Waals surface area contributed by atoms with Crippen molar-refractivity contribution < 1.29 is 9.90 Å². The van der Waals surface area contributed by atoms with E-state index in [9.17, 15) is 9.90 Å². The standard InChI is InChI=1S/C47H48O2S2/c48-47(49)44-25-17-23-40(22-9-3-1-5-15-26-45(50)41-32-28-38(29-33-41)36-18-10-7-11-19-36)43(44)24-14-4-2-6-16-27-46(51)42-34-30-39(31-35-42)37-20-12-8-13-21-37/h7-8,10-13,17-25,28-35H,1-6,9,14-16,26-27H2,(H,48,49). The van der Waals surface area contributed by atoms with Crippen LogP contribution in [0.2, 0.25) is 0 Å². The van der Waals surface area contributed by atoms with Crippen molar-refractivity contribution in [2.75, 3.05) is 0 Å². The third kappa shape index (κ3) is 11.8. The summed E-state index contributed by atoms with van der Waals surface area (Å²) in [5.74, 6) is -0.868. The molecule has 0 radical (unpaired) electrons. The molecule has 0 aliphatic rings. The van der Waals surface area contributed by atoms with Crippen LogP contribution in [-0.2, 0) is 0 Å². The molecule has 0 aliphatic heterocycles. The van der Waals surface area contributed by atoms with E-state index in [4.69, 9.17) is 24.4 Å². The average Bonchev–Trinajstić information content (AvgIpc) is 3.18. The van der Waals surface area contributed by atoms with Crippen molar-refractivity contribution in [3.8, 4) is 22.3 Å². The lowest BCUT2D eigenvalue weighted by molar-refractivity contribution is 0.0695. The maximum absolute atomic E-state index is 12.1. The van der Waals surface area contributed by atoms with Gasteiger partial charge in [-0.25, -0.2) is 4.79 Å². The van der Waals surface area contributed by atoms with E-state index in [-0.39, 0.29) is 0 Å². The van der Waals surface area contributed by atoms with Crippen LogP contribution in [0.5, 0.6) is 0 Å². The van der Waals surface area contributed by atoms with E-state index < -0.39 is 5.97 Å². The SMILES string of the molecule is O=C(O)c1cccc(=CCCCCCCC(=S)c2ccc(-c3ccccc3)cc2)c1=CCCCCCCC(=S)c1ccc(-c2ccccc2)cc1. The maximum atomic E-state index is 12.1. The smallest absolute Gasteiger partial charge is 0.336 e. The second-order valence-electron chi connectivity index (χ2n) is 13.2. The van der Waals surface area contributed by atoms with E-state index in [2.05, 4.69) is 109 Å². The molecule has 1 N–H and O–H groups in total. The molecular weight excluding hydrogens is 661 g/mol. The molecule has 0 unspecified atom stereocenters. The Morgan fingerprint density at radius 3 is 1.37 bits per heavy atom. The first kappa shape index (κ1) is 37.7. The van der Waals surface area contributed by atoms with Gasteiger partial charge in [0.2, 0.25) is 0 Å². The summed E-state index contributed by atoms with van der Waals surface area (Å²) in [4.78, 5) is 14.1. The molecule has 0 aromatic heterocycles. The highest BCUT2D eigenvalue weighted by atomic mass is 32.1. The molecule has 0 amide bonds. The topological polar surface area (TPSA) is 37.3 Å². The van der Waals surface area contributed by atoms with Gasteiger partial charge in [0, 0.05) is 9.73 Å². The van der Waals surface area contributed by atoms with Crippen LogP contribution in [0.25, 0.3) is 34.4 Å². The molecular formula is C47H48O2S2. The van der Waals surface area contributed by atoms with Gasteiger partial charge in [0.25, 0.3) is 0 Å². The zero-order valence-corrected chi connectivity index (χ0v) is 31.1. The number of thiocarbonyl (C=S) groups is 2. The molecule has 0 spiro atoms. The minimum absolute atomic E-state index is 0.387. The molecule has 51 heavy (non-hydrogen) atoms. The summed E-state index contributed by atoms with van der Waals surface area (Å²) in [6.07, 6.45) is 16.7. The Labute approximate surface area is 314 Å². The van der Waals surface area contributed by atoms with Crippen molar-refractivity contribution in [2.45, 2.75) is 77.0 Å². The van der Waals surface area contributed by atoms with Gasteiger partial charge in [0.15, 0.2) is 0 Å². The minimum atomic E-state index is -0.868. The Bertz CT molecular complexity index is 1980. The Kier molecular flexibility index (Phi) is 15.1. The summed E-state index contributed by atoms with van der Waals surface area (Å²) in [6.45, 7) is 0. The van der Waals surface area contributed by atoms with Crippen LogP contribution in [0, 0.1) is 0 Å². The molecule has 0 saturated carbocycles. The number of unbranched alkanes of at least 4 members (excludes halogenated alkanes) is 8. The summed E-state index contributed by atoms with van der Waals surface area (Å²) in [7, 11) is 0. The largest absolute Gasteiger partial charge is 0.478 e. The number of carboxylic acid groups (broad SMARTS) is 1. The molecule has 260 valence electrons. The van der Waals surface area contributed by atoms with Gasteiger partial charge >= 0.3 is 5.97 Å². The van der Waals surface area contributed by atoms with E-state index in [1.54, 1.807) is 6.07 Å². The number of rotatable bonds is 19. The third-order valence-corrected chi connectivity index (χ3v) is 10.3. The summed E-state index contributed by atoms with van der Waals surface area (Å²) < 4.78 is 0. The van der Waals surface area contributed by atoms with E-state index in [0.29, 0.717) is 5.56 Å². The fourth-order valence-electron chi connectivity index (χ4n) is 6.49. The van der Waals surface area contributed by atoms with Gasteiger partial charge in [0.05, 0.1) is 5.56 Å². The van der Waals surface area contributed by atoms with Gasteiger partial charge in [-0.05, 0) is 101 Å². The molecule has 0 atom stereocenters. The van der Waals surface area contributed by atoms with E-state index in [1.165, 1.54) is 22.3 Å². The molecule has 0 saturated heterocycles. The van der Waals surface area contributed by atoms with Crippen LogP contribution in [0.1, 0.15) is 98.5 Å². The predicted molar refractivity (Wildman–Crippen MR) is 224 cm³/mol. The molecule has 5 aromatic carbocycles. The molecule has 4 heteroatoms. The Morgan fingerprint density at radius 2 is 0.902 bits per heavy atom. The van der Waals surface area contributed by atoms with Crippen molar-refractivity contribution in [2.24, 2.45) is 0 Å². The minimum Gasteiger partial charge on any atom is -0.478 e. The summed E-state index contributed by atoms with van der Waals surface area (Å²) in [5, 5.41) is 11.8. The second-order valence-corrected chi connectivity index (χ2v) is 14.1. The highest BCUT2D eigenvalue weighted by Gasteiger charge is 2.07. The number of carbonyl (C=O) groups is 1. The quantitative estimate of drug-likeness (QED) is 0.0526. The lowest BCUT2D eigenvalue weighted by Gasteiger charge is -2.07. The van der Waals surface area contributed by atoms with Gasteiger partial charge < -0.3 is 5.11 Å². The van der Waals surface area contributed by atoms with Crippen LogP contribution >= 0.6 is 24.4 Å². The van der Waals surface area contributed by atoms with Gasteiger partial charge in [-0.3, -0.25) is 0 Å². The van der Waals surface area contributed by atoms with Crippen molar-refractivity contribution in [1.82, 2.24) is 0 Å². The Morgan fingerprint density at radius 1 is 0.471 bits per heavy atom. The number of carboxylic acids is 1. The lowest BCUT2D eigenvalue weighted by Crippen LogP contribution is -2.30. The van der Waals surface area contributed by atoms with Crippen molar-refractivity contribution in [3.63, 3.8) is 0 Å². The summed E-state index contributed by atoms with van der Waals surface area (Å²) in [5.41, 5.74) is 7.52. The fraction of sp³-hybridized carbons (Fsp3) is 0.255. The van der Waals surface area contributed by atoms with Crippen LogP contribution in [0.15, 0.2) is 127 Å². The molecule has 0 fully saturated rings. The average molecular weight is 709 g/mol. The number of hydrogen-bond donors (Lipinski definition) is 1. The van der Waals surface area contributed by atoms with Crippen molar-refractivity contribution in [1.29, 1.82) is 0 Å². The Hall–Kier alpha value is -4.51. The van der Waals surface area contributed by atoms with Crippen LogP contribution < -0.4 is 10.4 Å². The third-order valence-electron chi connectivity index (χ3n) is 9.43. The first-order chi connectivity index (χ1) is 25.0. The number of aromatic carboxylic acids is 1. The van der Waals surface area contributed by atoms with E-state index in [0.717, 1.165) is 108 Å². The molecule has 2 nitrogen and oxygen atoms in total. The first-order valence-electron chi connectivity index (χ1n) is 18.4. The van der Waals surface area contributed by atoms with Crippen LogP contribution in [0.4, 0.5) is 0 Å². The highest BCUT2D eigenvalue weighted by Crippen LogP contribution is 2.22. The van der Waals surface area contributed by atoms with Gasteiger partial charge in [-0.2, -0.15) is 0 Å². The summed E-state index contributed by atoms with van der Waals surface area (Å²) in [6, 6.07) is 43.6. The molecule has 5 aromatic rings. The molecule has 5 rings (SSSR count). The molecule has 0 aliphatic carbocycles. The van der Waals surface area contributed by atoms with E-state index >= 15 is 0 Å². The number of benzene rings is 5. The van der Waals surface area contributed by atoms with Crippen molar-refractivity contribution in [3.05, 3.63) is 155 Å². The lowest BCUT2D eigenvalue weighted by atomic mass is 10.0. The number of hydrogen-bond acceptors (Lipinski definition) is 3. The zero-order chi connectivity index (χ0) is 35.7. The monoisotopic (exact) mass is 708 g/mol. The first-order valence-corrected chi connectivity index (χ1v) is 19.2. The van der Waals surface area contributed by atoms with Gasteiger partial charge in [-0.1, -0.05) is 184 Å². The van der Waals surface area contributed by atoms with Crippen molar-refractivity contribution >= 4 is 52.3 Å². The Balaban J connectivity index is 1.02. The van der Waals surface area contributed by atoms with Crippen LogP contribution in [-0.4, -0.2) is 20.8 Å². The fourth-order valence-corrected chi connectivity index (χ4v) is 7.05. The molecule has 0 bridgehead atoms. The van der Waals surface area contributed by atoms with Crippen LogP contribution in [0.3, 0.4) is 0 Å². The highest BCUT2D eigenvalue weighted by molar-refractivity contribution is 7.81. The zero-order valence-electron chi connectivity index (χ0n) is 29.4. The maximum Gasteiger partial charge on any atom is 0.336 e. The molecule has 0 heterocycles. The van der Waals surface area contributed by atoms with Gasteiger partial charge in [0.1, 0.15) is 0 Å². The predicted octanol–water partition coefficient (Wildman–Crippen LogP) is 11.8.